The molecule has 0 radical (unpaired) electrons. The molecule has 0 saturated carbocycles. The maximum Gasteiger partial charge on any atom is 0.250 e. The van der Waals surface area contributed by atoms with E-state index in [1.165, 1.54) is 32.5 Å². The fourth-order valence-electron chi connectivity index (χ4n) is 2.97. The highest BCUT2D eigenvalue weighted by Gasteiger charge is 2.31. The number of fused-ring (bicyclic) bond motifs is 1. The Morgan fingerprint density at radius 1 is 1.42 bits per heavy atom. The SMILES string of the molecule is COCC(=O)Nc1cc2c(cc1OC)C(c1ncccc1F)CC(=O)N2. The van der Waals surface area contributed by atoms with E-state index in [1.807, 2.05) is 0 Å². The first-order chi connectivity index (χ1) is 12.5. The lowest BCUT2D eigenvalue weighted by Gasteiger charge is -2.27. The van der Waals surface area contributed by atoms with Crippen LogP contribution in [0.25, 0.3) is 0 Å². The van der Waals surface area contributed by atoms with Crippen molar-refractivity contribution in [3.05, 3.63) is 47.5 Å². The molecule has 2 N–H and O–H groups in total. The number of hydrogen-bond donors (Lipinski definition) is 2. The third-order valence-corrected chi connectivity index (χ3v) is 4.08. The molecule has 0 aliphatic carbocycles. The second-order valence-corrected chi connectivity index (χ2v) is 5.80. The number of nitrogens with one attached hydrogen (secondary N) is 2. The van der Waals surface area contributed by atoms with Gasteiger partial charge in [0.15, 0.2) is 0 Å². The molecule has 1 atom stereocenters. The van der Waals surface area contributed by atoms with Crippen molar-refractivity contribution in [3.63, 3.8) is 0 Å². The number of carbonyl (C=O) groups excluding carboxylic acids is 2. The van der Waals surface area contributed by atoms with E-state index in [2.05, 4.69) is 15.6 Å². The number of ether oxygens (including phenoxy) is 2. The molecule has 26 heavy (non-hydrogen) atoms. The third kappa shape index (κ3) is 3.50. The third-order valence-electron chi connectivity index (χ3n) is 4.08. The van der Waals surface area contributed by atoms with Crippen LogP contribution in [0.3, 0.4) is 0 Å². The fourth-order valence-corrected chi connectivity index (χ4v) is 2.97. The van der Waals surface area contributed by atoms with Crippen LogP contribution in [0, 0.1) is 5.82 Å². The van der Waals surface area contributed by atoms with Crippen LogP contribution in [0.2, 0.25) is 0 Å². The van der Waals surface area contributed by atoms with E-state index in [-0.39, 0.29) is 30.5 Å². The monoisotopic (exact) mass is 359 g/mol. The summed E-state index contributed by atoms with van der Waals surface area (Å²) in [4.78, 5) is 28.0. The molecule has 7 nitrogen and oxygen atoms in total. The van der Waals surface area contributed by atoms with Crippen molar-refractivity contribution in [3.8, 4) is 5.75 Å². The van der Waals surface area contributed by atoms with Crippen LogP contribution in [0.15, 0.2) is 30.5 Å². The Hall–Kier alpha value is -3.00. The number of hydrogen-bond acceptors (Lipinski definition) is 5. The maximum atomic E-state index is 14.2. The summed E-state index contributed by atoms with van der Waals surface area (Å²) in [7, 11) is 2.88. The Morgan fingerprint density at radius 3 is 2.92 bits per heavy atom. The van der Waals surface area contributed by atoms with Gasteiger partial charge in [-0.25, -0.2) is 4.39 Å². The van der Waals surface area contributed by atoms with Gasteiger partial charge in [-0.05, 0) is 29.8 Å². The molecule has 2 heterocycles. The Bertz CT molecular complexity index is 856. The number of carbonyl (C=O) groups is 2. The Balaban J connectivity index is 2.05. The molecule has 136 valence electrons. The van der Waals surface area contributed by atoms with E-state index < -0.39 is 11.7 Å². The second kappa shape index (κ2) is 7.49. The minimum Gasteiger partial charge on any atom is -0.495 e. The highest BCUT2D eigenvalue weighted by molar-refractivity contribution is 5.99. The van der Waals surface area contributed by atoms with Crippen molar-refractivity contribution < 1.29 is 23.5 Å². The summed E-state index contributed by atoms with van der Waals surface area (Å²) in [6.45, 7) is -0.117. The van der Waals surface area contributed by atoms with E-state index in [1.54, 1.807) is 12.1 Å². The molecular formula is C18H18FN3O4. The van der Waals surface area contributed by atoms with Gasteiger partial charge >= 0.3 is 0 Å². The highest BCUT2D eigenvalue weighted by Crippen LogP contribution is 2.42. The summed E-state index contributed by atoms with van der Waals surface area (Å²) in [6.07, 6.45) is 1.56. The first-order valence-electron chi connectivity index (χ1n) is 7.94. The summed E-state index contributed by atoms with van der Waals surface area (Å²) in [5, 5.41) is 5.41. The molecule has 0 saturated heterocycles. The smallest absolute Gasteiger partial charge is 0.250 e. The normalized spacial score (nSPS) is 15.8. The van der Waals surface area contributed by atoms with Gasteiger partial charge in [0.1, 0.15) is 18.2 Å². The zero-order valence-electron chi connectivity index (χ0n) is 14.3. The second-order valence-electron chi connectivity index (χ2n) is 5.80. The Labute approximate surface area is 149 Å². The van der Waals surface area contributed by atoms with Crippen molar-refractivity contribution in [2.45, 2.75) is 12.3 Å². The minimum absolute atomic E-state index is 0.0689. The zero-order chi connectivity index (χ0) is 18.7. The molecule has 0 fully saturated rings. The van der Waals surface area contributed by atoms with E-state index in [0.717, 1.165) is 0 Å². The van der Waals surface area contributed by atoms with Gasteiger partial charge in [-0.15, -0.1) is 0 Å². The number of halogens is 1. The summed E-state index contributed by atoms with van der Waals surface area (Å²) in [5.74, 6) is -1.25. The first kappa shape index (κ1) is 17.8. The lowest BCUT2D eigenvalue weighted by molar-refractivity contribution is -0.119. The number of amides is 2. The quantitative estimate of drug-likeness (QED) is 0.855. The predicted molar refractivity (Wildman–Crippen MR) is 92.8 cm³/mol. The summed E-state index contributed by atoms with van der Waals surface area (Å²) in [5.41, 5.74) is 1.73. The van der Waals surface area contributed by atoms with Crippen LogP contribution in [0.5, 0.6) is 5.75 Å². The van der Waals surface area contributed by atoms with Gasteiger partial charge in [-0.1, -0.05) is 0 Å². The van der Waals surface area contributed by atoms with Crippen molar-refractivity contribution in [2.24, 2.45) is 0 Å². The Kier molecular flexibility index (Phi) is 5.13. The summed E-state index contributed by atoms with van der Waals surface area (Å²) >= 11 is 0. The zero-order valence-corrected chi connectivity index (χ0v) is 14.3. The van der Waals surface area contributed by atoms with Crippen molar-refractivity contribution in [1.82, 2.24) is 4.98 Å². The molecule has 0 bridgehead atoms. The van der Waals surface area contributed by atoms with Crippen LogP contribution in [-0.2, 0) is 14.3 Å². The number of rotatable bonds is 5. The number of methoxy groups -OCH3 is 2. The number of anilines is 2. The van der Waals surface area contributed by atoms with Crippen molar-refractivity contribution >= 4 is 23.2 Å². The average molecular weight is 359 g/mol. The van der Waals surface area contributed by atoms with Gasteiger partial charge in [-0.2, -0.15) is 0 Å². The van der Waals surface area contributed by atoms with Gasteiger partial charge in [-0.3, -0.25) is 14.6 Å². The van der Waals surface area contributed by atoms with E-state index >= 15 is 0 Å². The molecule has 0 spiro atoms. The van der Waals surface area contributed by atoms with Gasteiger partial charge in [0.05, 0.1) is 18.5 Å². The van der Waals surface area contributed by atoms with E-state index in [4.69, 9.17) is 9.47 Å². The largest absolute Gasteiger partial charge is 0.495 e. The molecule has 2 amide bonds. The van der Waals surface area contributed by atoms with Gasteiger partial charge < -0.3 is 20.1 Å². The van der Waals surface area contributed by atoms with Crippen molar-refractivity contribution in [1.29, 1.82) is 0 Å². The minimum atomic E-state index is -0.544. The van der Waals surface area contributed by atoms with Crippen LogP contribution in [0.1, 0.15) is 23.6 Å². The van der Waals surface area contributed by atoms with Gasteiger partial charge in [0.25, 0.3) is 0 Å². The fraction of sp³-hybridized carbons (Fsp3) is 0.278. The average Bonchev–Trinajstić information content (AvgIpc) is 2.61. The lowest BCUT2D eigenvalue weighted by Crippen LogP contribution is -2.25. The van der Waals surface area contributed by atoms with E-state index in [9.17, 15) is 14.0 Å². The molecule has 8 heteroatoms. The highest BCUT2D eigenvalue weighted by atomic mass is 19.1. The Morgan fingerprint density at radius 2 is 2.23 bits per heavy atom. The van der Waals surface area contributed by atoms with E-state index in [0.29, 0.717) is 22.7 Å². The maximum absolute atomic E-state index is 14.2. The van der Waals surface area contributed by atoms with Crippen LogP contribution in [-0.4, -0.2) is 37.6 Å². The molecule has 2 aromatic rings. The number of benzene rings is 1. The van der Waals surface area contributed by atoms with Gasteiger partial charge in [0, 0.05) is 31.3 Å². The topological polar surface area (TPSA) is 89.6 Å². The van der Waals surface area contributed by atoms with Crippen LogP contribution >= 0.6 is 0 Å². The summed E-state index contributed by atoms with van der Waals surface area (Å²) < 4.78 is 24.4. The van der Waals surface area contributed by atoms with Gasteiger partial charge in [0.2, 0.25) is 11.8 Å². The summed E-state index contributed by atoms with van der Waals surface area (Å²) in [6, 6.07) is 6.07. The standard InChI is InChI=1S/C18H18FN3O4/c1-25-9-17(24)22-14-8-13-10(6-15(14)26-2)11(7-16(23)21-13)18-12(19)4-3-5-20-18/h3-6,8,11H,7,9H2,1-2H3,(H,21,23)(H,22,24). The molecule has 1 aliphatic rings. The lowest BCUT2D eigenvalue weighted by atomic mass is 9.87. The van der Waals surface area contributed by atoms with Crippen LogP contribution < -0.4 is 15.4 Å². The number of nitrogens with zero attached hydrogens (tertiary/aromatic N) is 1. The predicted octanol–water partition coefficient (Wildman–Crippen LogP) is 2.29. The molecule has 1 aromatic carbocycles. The molecule has 1 aliphatic heterocycles. The molecule has 1 unspecified atom stereocenters. The molecular weight excluding hydrogens is 341 g/mol. The first-order valence-corrected chi connectivity index (χ1v) is 7.94. The number of aromatic nitrogens is 1. The molecule has 1 aromatic heterocycles. The van der Waals surface area contributed by atoms with Crippen LogP contribution in [0.4, 0.5) is 15.8 Å². The molecule has 3 rings (SSSR count). The van der Waals surface area contributed by atoms with Crippen molar-refractivity contribution in [2.75, 3.05) is 31.5 Å². The number of pyridine rings is 1.